The van der Waals surface area contributed by atoms with Gasteiger partial charge in [0, 0.05) is 22.3 Å². The largest absolute Gasteiger partial charge is 0.485 e. The van der Waals surface area contributed by atoms with Crippen molar-refractivity contribution in [3.8, 4) is 5.75 Å². The first kappa shape index (κ1) is 21.9. The van der Waals surface area contributed by atoms with Crippen molar-refractivity contribution in [3.63, 3.8) is 0 Å². The lowest BCUT2D eigenvalue weighted by atomic mass is 10.1. The Kier molecular flexibility index (Phi) is 5.63. The Bertz CT molecular complexity index is 1550. The normalized spacial score (nSPS) is 11.2. The molecule has 0 aliphatic heterocycles. The number of imidazole rings is 1. The number of nitrogens with one attached hydrogen (secondary N) is 1. The highest BCUT2D eigenvalue weighted by Gasteiger charge is 2.20. The van der Waals surface area contributed by atoms with Crippen LogP contribution in [0.4, 0.5) is 14.5 Å². The molecule has 3 aromatic carbocycles. The maximum Gasteiger partial charge on any atom is 0.274 e. The van der Waals surface area contributed by atoms with Gasteiger partial charge in [0.1, 0.15) is 23.9 Å². The first-order chi connectivity index (χ1) is 16.4. The number of nitrogens with zero attached hydrogens (tertiary/aromatic N) is 2. The van der Waals surface area contributed by atoms with Crippen LogP contribution in [0.3, 0.4) is 0 Å². The number of carbonyl (C=O) groups is 1. The fourth-order valence-corrected chi connectivity index (χ4v) is 4.09. The zero-order chi connectivity index (χ0) is 23.8. The van der Waals surface area contributed by atoms with Gasteiger partial charge in [0.15, 0.2) is 11.4 Å². The van der Waals surface area contributed by atoms with Crippen LogP contribution in [0, 0.1) is 18.6 Å². The molecule has 0 bridgehead atoms. The van der Waals surface area contributed by atoms with Crippen molar-refractivity contribution < 1.29 is 18.3 Å². The molecule has 1 N–H and O–H groups in total. The summed E-state index contributed by atoms with van der Waals surface area (Å²) < 4.78 is 35.3. The second-order valence-corrected chi connectivity index (χ2v) is 8.16. The molecule has 8 heteroatoms. The molecule has 170 valence electrons. The summed E-state index contributed by atoms with van der Waals surface area (Å²) in [4.78, 5) is 17.7. The molecule has 0 saturated carbocycles. The van der Waals surface area contributed by atoms with Gasteiger partial charge in [-0.15, -0.1) is 0 Å². The van der Waals surface area contributed by atoms with Crippen LogP contribution in [0.5, 0.6) is 5.75 Å². The van der Waals surface area contributed by atoms with Crippen LogP contribution < -0.4 is 10.1 Å². The second kappa shape index (κ2) is 8.76. The molecule has 5 rings (SSSR count). The number of benzene rings is 3. The standard InChI is InChI=1S/C26H18ClF2N3O2/c1-15-24(26(33)31-22-8-2-5-16-13-17(27)10-11-18(16)22)32-12-4-9-23(25(32)30-15)34-14-19-20(28)6-3-7-21(19)29/h2-13H,14H2,1H3,(H,31,33). The Morgan fingerprint density at radius 3 is 2.62 bits per heavy atom. The molecule has 2 aromatic heterocycles. The van der Waals surface area contributed by atoms with Crippen LogP contribution in [0.25, 0.3) is 16.4 Å². The highest BCUT2D eigenvalue weighted by Crippen LogP contribution is 2.28. The number of hydrogen-bond donors (Lipinski definition) is 1. The number of aryl methyl sites for hydroxylation is 1. The molecule has 5 nitrogen and oxygen atoms in total. The summed E-state index contributed by atoms with van der Waals surface area (Å²) in [6.07, 6.45) is 1.68. The number of anilines is 1. The lowest BCUT2D eigenvalue weighted by Crippen LogP contribution is -2.16. The van der Waals surface area contributed by atoms with Crippen molar-refractivity contribution in [1.29, 1.82) is 0 Å². The number of ether oxygens (including phenoxy) is 1. The van der Waals surface area contributed by atoms with E-state index in [4.69, 9.17) is 16.3 Å². The average Bonchev–Trinajstić information content (AvgIpc) is 3.15. The van der Waals surface area contributed by atoms with Crippen molar-refractivity contribution >= 4 is 39.6 Å². The molecule has 0 unspecified atom stereocenters. The average molecular weight is 478 g/mol. The van der Waals surface area contributed by atoms with Gasteiger partial charge in [-0.05, 0) is 54.8 Å². The van der Waals surface area contributed by atoms with E-state index in [9.17, 15) is 13.6 Å². The highest BCUT2D eigenvalue weighted by atomic mass is 35.5. The van der Waals surface area contributed by atoms with Crippen LogP contribution in [0.2, 0.25) is 5.02 Å². The topological polar surface area (TPSA) is 55.6 Å². The minimum atomic E-state index is -0.692. The Balaban J connectivity index is 1.47. The number of fused-ring (bicyclic) bond motifs is 2. The predicted octanol–water partition coefficient (Wildman–Crippen LogP) is 6.56. The van der Waals surface area contributed by atoms with Gasteiger partial charge < -0.3 is 10.1 Å². The van der Waals surface area contributed by atoms with Crippen LogP contribution >= 0.6 is 11.6 Å². The number of halogens is 3. The molecule has 34 heavy (non-hydrogen) atoms. The molecule has 1 amide bonds. The fraction of sp³-hybridized carbons (Fsp3) is 0.0769. The lowest BCUT2D eigenvalue weighted by molar-refractivity contribution is 0.102. The van der Waals surface area contributed by atoms with E-state index in [0.29, 0.717) is 33.5 Å². The quantitative estimate of drug-likeness (QED) is 0.312. The van der Waals surface area contributed by atoms with Gasteiger partial charge in [-0.3, -0.25) is 9.20 Å². The fourth-order valence-electron chi connectivity index (χ4n) is 3.91. The number of rotatable bonds is 5. The minimum Gasteiger partial charge on any atom is -0.485 e. The SMILES string of the molecule is Cc1nc2c(OCc3c(F)cccc3F)cccn2c1C(=O)Nc1cccc2cc(Cl)ccc12. The monoisotopic (exact) mass is 477 g/mol. The third-order valence-electron chi connectivity index (χ3n) is 5.53. The molecular formula is C26H18ClF2N3O2. The molecule has 0 atom stereocenters. The summed E-state index contributed by atoms with van der Waals surface area (Å²) in [5.74, 6) is -1.44. The summed E-state index contributed by atoms with van der Waals surface area (Å²) >= 11 is 6.09. The third-order valence-corrected chi connectivity index (χ3v) is 5.76. The zero-order valence-electron chi connectivity index (χ0n) is 18.0. The maximum atomic E-state index is 14.0. The molecular weight excluding hydrogens is 460 g/mol. The predicted molar refractivity (Wildman–Crippen MR) is 128 cm³/mol. The summed E-state index contributed by atoms with van der Waals surface area (Å²) in [6.45, 7) is 1.40. The summed E-state index contributed by atoms with van der Waals surface area (Å²) in [6, 6.07) is 18.0. The van der Waals surface area contributed by atoms with E-state index < -0.39 is 11.6 Å². The molecule has 0 radical (unpaired) electrons. The summed E-state index contributed by atoms with van der Waals surface area (Å²) in [7, 11) is 0. The molecule has 2 heterocycles. The van der Waals surface area contributed by atoms with E-state index in [-0.39, 0.29) is 18.1 Å². The van der Waals surface area contributed by atoms with Gasteiger partial charge in [0.2, 0.25) is 0 Å². The Labute approximate surface area is 198 Å². The number of pyridine rings is 1. The highest BCUT2D eigenvalue weighted by molar-refractivity contribution is 6.31. The van der Waals surface area contributed by atoms with Gasteiger partial charge in [-0.25, -0.2) is 13.8 Å². The lowest BCUT2D eigenvalue weighted by Gasteiger charge is -2.11. The van der Waals surface area contributed by atoms with E-state index in [1.807, 2.05) is 30.3 Å². The Hall–Kier alpha value is -3.97. The second-order valence-electron chi connectivity index (χ2n) is 7.73. The van der Waals surface area contributed by atoms with Gasteiger partial charge in [-0.2, -0.15) is 0 Å². The number of carbonyl (C=O) groups excluding carboxylic acids is 1. The van der Waals surface area contributed by atoms with E-state index in [2.05, 4.69) is 10.3 Å². The molecule has 0 aliphatic carbocycles. The van der Waals surface area contributed by atoms with Gasteiger partial charge in [0.05, 0.1) is 11.3 Å². The smallest absolute Gasteiger partial charge is 0.274 e. The molecule has 0 aliphatic rings. The molecule has 0 saturated heterocycles. The van der Waals surface area contributed by atoms with E-state index >= 15 is 0 Å². The minimum absolute atomic E-state index is 0.179. The van der Waals surface area contributed by atoms with Crippen LogP contribution in [0.15, 0.2) is 72.9 Å². The van der Waals surface area contributed by atoms with Gasteiger partial charge >= 0.3 is 0 Å². The van der Waals surface area contributed by atoms with Crippen LogP contribution in [-0.2, 0) is 6.61 Å². The first-order valence-electron chi connectivity index (χ1n) is 10.5. The van der Waals surface area contributed by atoms with Crippen molar-refractivity contribution in [2.24, 2.45) is 0 Å². The first-order valence-corrected chi connectivity index (χ1v) is 10.8. The van der Waals surface area contributed by atoms with E-state index in [1.165, 1.54) is 18.2 Å². The van der Waals surface area contributed by atoms with Crippen molar-refractivity contribution in [3.05, 3.63) is 107 Å². The van der Waals surface area contributed by atoms with Crippen LogP contribution in [0.1, 0.15) is 21.7 Å². The van der Waals surface area contributed by atoms with Gasteiger partial charge in [-0.1, -0.05) is 35.9 Å². The van der Waals surface area contributed by atoms with E-state index in [1.54, 1.807) is 35.7 Å². The van der Waals surface area contributed by atoms with Crippen molar-refractivity contribution in [1.82, 2.24) is 9.38 Å². The number of aromatic nitrogens is 2. The van der Waals surface area contributed by atoms with Gasteiger partial charge in [0.25, 0.3) is 5.91 Å². The summed E-state index contributed by atoms with van der Waals surface area (Å²) in [5.41, 5.74) is 1.63. The zero-order valence-corrected chi connectivity index (χ0v) is 18.7. The molecule has 0 fully saturated rings. The Morgan fingerprint density at radius 1 is 1.06 bits per heavy atom. The third kappa shape index (κ3) is 3.95. The molecule has 5 aromatic rings. The Morgan fingerprint density at radius 2 is 1.82 bits per heavy atom. The molecule has 0 spiro atoms. The number of hydrogen-bond acceptors (Lipinski definition) is 3. The van der Waals surface area contributed by atoms with Crippen molar-refractivity contribution in [2.75, 3.05) is 5.32 Å². The number of amides is 1. The van der Waals surface area contributed by atoms with Crippen LogP contribution in [-0.4, -0.2) is 15.3 Å². The summed E-state index contributed by atoms with van der Waals surface area (Å²) in [5, 5.41) is 5.31. The van der Waals surface area contributed by atoms with E-state index in [0.717, 1.165) is 10.8 Å². The maximum absolute atomic E-state index is 14.0. The van der Waals surface area contributed by atoms with Crippen molar-refractivity contribution in [2.45, 2.75) is 13.5 Å².